The molecule has 0 saturated carbocycles. The highest BCUT2D eigenvalue weighted by Crippen LogP contribution is 2.26. The van der Waals surface area contributed by atoms with E-state index in [9.17, 15) is 4.79 Å². The molecular formula is C29H25N3O. The molecule has 0 saturated heterocycles. The minimum atomic E-state index is 0.0948. The molecule has 4 nitrogen and oxygen atoms in total. The Kier molecular flexibility index (Phi) is 5.98. The van der Waals surface area contributed by atoms with Gasteiger partial charge in [0.15, 0.2) is 5.78 Å². The fourth-order valence-electron chi connectivity index (χ4n) is 4.06. The number of Topliss-reactive ketones (excluding diaryl/α,β-unsaturated/α-hetero) is 1. The van der Waals surface area contributed by atoms with Crippen LogP contribution in [0.3, 0.4) is 0 Å². The van der Waals surface area contributed by atoms with Crippen LogP contribution in [0.5, 0.6) is 0 Å². The molecule has 3 aromatic carbocycles. The largest absolute Gasteiger partial charge is 0.346 e. The van der Waals surface area contributed by atoms with Gasteiger partial charge in [0, 0.05) is 30.1 Å². The van der Waals surface area contributed by atoms with Gasteiger partial charge in [-0.05, 0) is 35.8 Å². The summed E-state index contributed by atoms with van der Waals surface area (Å²) in [5.74, 6) is 0.0948. The Morgan fingerprint density at radius 1 is 0.848 bits per heavy atom. The lowest BCUT2D eigenvalue weighted by molar-refractivity contribution is 0.0969. The molecule has 1 aromatic heterocycles. The molecule has 2 heterocycles. The van der Waals surface area contributed by atoms with Crippen LogP contribution in [0, 0.1) is 0 Å². The highest BCUT2D eigenvalue weighted by molar-refractivity contribution is 5.97. The van der Waals surface area contributed by atoms with Crippen LogP contribution in [0.25, 0.3) is 11.3 Å². The predicted molar refractivity (Wildman–Crippen MR) is 132 cm³/mol. The smallest absolute Gasteiger partial charge is 0.182 e. The first kappa shape index (κ1) is 20.7. The number of hydrogen-bond donors (Lipinski definition) is 0. The Balaban J connectivity index is 1.44. The fourth-order valence-corrected chi connectivity index (χ4v) is 4.06. The molecule has 0 amide bonds. The first-order valence-corrected chi connectivity index (χ1v) is 11.2. The summed E-state index contributed by atoms with van der Waals surface area (Å²) in [7, 11) is 0. The Morgan fingerprint density at radius 2 is 1.52 bits per heavy atom. The molecule has 33 heavy (non-hydrogen) atoms. The summed E-state index contributed by atoms with van der Waals surface area (Å²) in [5.41, 5.74) is 6.18. The number of carbonyl (C=O) groups excluding carboxylic acids is 1. The molecule has 4 aromatic rings. The van der Waals surface area contributed by atoms with Gasteiger partial charge in [-0.1, -0.05) is 84.9 Å². The van der Waals surface area contributed by atoms with Crippen LogP contribution >= 0.6 is 0 Å². The van der Waals surface area contributed by atoms with Crippen molar-refractivity contribution in [1.82, 2.24) is 14.7 Å². The van der Waals surface area contributed by atoms with Crippen LogP contribution < -0.4 is 0 Å². The average molecular weight is 432 g/mol. The molecule has 162 valence electrons. The van der Waals surface area contributed by atoms with Crippen molar-refractivity contribution in [3.63, 3.8) is 0 Å². The summed E-state index contributed by atoms with van der Waals surface area (Å²) in [5, 5.41) is 4.97. The van der Waals surface area contributed by atoms with Gasteiger partial charge in [0.1, 0.15) is 0 Å². The molecule has 0 bridgehead atoms. The van der Waals surface area contributed by atoms with Crippen LogP contribution in [0.4, 0.5) is 0 Å². The van der Waals surface area contributed by atoms with Crippen LogP contribution in [0.2, 0.25) is 0 Å². The van der Waals surface area contributed by atoms with Crippen molar-refractivity contribution in [3.05, 3.63) is 138 Å². The quantitative estimate of drug-likeness (QED) is 0.342. The van der Waals surface area contributed by atoms with Crippen molar-refractivity contribution in [2.45, 2.75) is 12.8 Å². The molecule has 0 atom stereocenters. The van der Waals surface area contributed by atoms with E-state index in [2.05, 4.69) is 48.5 Å². The van der Waals surface area contributed by atoms with Crippen molar-refractivity contribution in [1.29, 1.82) is 0 Å². The van der Waals surface area contributed by atoms with Gasteiger partial charge in [0.25, 0.3) is 0 Å². The monoisotopic (exact) mass is 431 g/mol. The lowest BCUT2D eigenvalue weighted by Crippen LogP contribution is -2.22. The highest BCUT2D eigenvalue weighted by atomic mass is 16.1. The Bertz CT molecular complexity index is 1290. The van der Waals surface area contributed by atoms with Gasteiger partial charge in [-0.25, -0.2) is 4.68 Å². The van der Waals surface area contributed by atoms with Gasteiger partial charge in [0.05, 0.1) is 17.9 Å². The molecule has 0 N–H and O–H groups in total. The number of allylic oxidation sites excluding steroid dienone is 2. The average Bonchev–Trinajstić information content (AvgIpc) is 3.30. The third-order valence-electron chi connectivity index (χ3n) is 5.72. The summed E-state index contributed by atoms with van der Waals surface area (Å²) in [6.07, 6.45) is 7.69. The summed E-state index contributed by atoms with van der Waals surface area (Å²) in [4.78, 5) is 14.6. The van der Waals surface area contributed by atoms with Crippen LogP contribution in [0.15, 0.2) is 116 Å². The SMILES string of the molecule is O=C(CN1C=CCC(c2cc(Cc3ccccc3)n(-c3ccccc3)n2)=C1)c1ccccc1. The molecule has 4 heteroatoms. The van der Waals surface area contributed by atoms with Crippen molar-refractivity contribution in [3.8, 4) is 5.69 Å². The van der Waals surface area contributed by atoms with E-state index in [0.29, 0.717) is 6.54 Å². The maximum Gasteiger partial charge on any atom is 0.182 e. The van der Waals surface area contributed by atoms with Gasteiger partial charge in [-0.15, -0.1) is 0 Å². The second-order valence-electron chi connectivity index (χ2n) is 8.14. The van der Waals surface area contributed by atoms with E-state index in [0.717, 1.165) is 41.1 Å². The molecule has 0 unspecified atom stereocenters. The highest BCUT2D eigenvalue weighted by Gasteiger charge is 2.17. The van der Waals surface area contributed by atoms with Crippen LogP contribution in [0.1, 0.15) is 33.7 Å². The standard InChI is InChI=1S/C29H25N3O/c33-29(24-13-6-2-7-14-24)22-31-18-10-15-25(21-31)28-20-27(19-23-11-4-1-5-12-23)32(30-28)26-16-8-3-9-17-26/h1-14,16-18,20-21H,15,19,22H2. The van der Waals surface area contributed by atoms with E-state index in [1.165, 1.54) is 5.56 Å². The normalized spacial score (nSPS) is 13.1. The van der Waals surface area contributed by atoms with Crippen LogP contribution in [-0.4, -0.2) is 27.0 Å². The number of aromatic nitrogens is 2. The molecule has 0 fully saturated rings. The minimum Gasteiger partial charge on any atom is -0.346 e. The number of benzene rings is 3. The summed E-state index contributed by atoms with van der Waals surface area (Å²) >= 11 is 0. The molecule has 0 aliphatic carbocycles. The summed E-state index contributed by atoms with van der Waals surface area (Å²) in [6.45, 7) is 0.306. The minimum absolute atomic E-state index is 0.0948. The van der Waals surface area contributed by atoms with E-state index in [1.54, 1.807) is 0 Å². The summed E-state index contributed by atoms with van der Waals surface area (Å²) < 4.78 is 2.03. The predicted octanol–water partition coefficient (Wildman–Crippen LogP) is 5.91. The zero-order chi connectivity index (χ0) is 22.5. The number of hydrogen-bond acceptors (Lipinski definition) is 3. The van der Waals surface area contributed by atoms with Crippen molar-refractivity contribution in [2.24, 2.45) is 0 Å². The van der Waals surface area contributed by atoms with E-state index in [-0.39, 0.29) is 5.78 Å². The third-order valence-corrected chi connectivity index (χ3v) is 5.72. The van der Waals surface area contributed by atoms with Crippen LogP contribution in [-0.2, 0) is 6.42 Å². The zero-order valence-electron chi connectivity index (χ0n) is 18.3. The summed E-state index contributed by atoms with van der Waals surface area (Å²) in [6, 6.07) is 32.3. The van der Waals surface area contributed by atoms with Gasteiger partial charge >= 0.3 is 0 Å². The second kappa shape index (κ2) is 9.53. The Labute approximate surface area is 194 Å². The maximum absolute atomic E-state index is 12.7. The number of rotatable bonds is 7. The topological polar surface area (TPSA) is 38.1 Å². The zero-order valence-corrected chi connectivity index (χ0v) is 18.3. The van der Waals surface area contributed by atoms with Crippen molar-refractivity contribution in [2.75, 3.05) is 6.54 Å². The lowest BCUT2D eigenvalue weighted by Gasteiger charge is -2.20. The first-order chi connectivity index (χ1) is 16.3. The first-order valence-electron chi connectivity index (χ1n) is 11.2. The van der Waals surface area contributed by atoms with Gasteiger partial charge in [-0.2, -0.15) is 5.10 Å². The molecular weight excluding hydrogens is 406 g/mol. The Morgan fingerprint density at radius 3 is 2.24 bits per heavy atom. The van der Waals surface area contributed by atoms with Gasteiger partial charge in [-0.3, -0.25) is 4.79 Å². The molecule has 0 radical (unpaired) electrons. The molecule has 1 aliphatic rings. The van der Waals surface area contributed by atoms with E-state index < -0.39 is 0 Å². The second-order valence-corrected chi connectivity index (χ2v) is 8.14. The number of carbonyl (C=O) groups is 1. The number of nitrogens with zero attached hydrogens (tertiary/aromatic N) is 3. The number of ketones is 1. The van der Waals surface area contributed by atoms with E-state index in [4.69, 9.17) is 5.10 Å². The molecule has 5 rings (SSSR count). The third kappa shape index (κ3) is 4.85. The van der Waals surface area contributed by atoms with Crippen molar-refractivity contribution < 1.29 is 4.79 Å². The van der Waals surface area contributed by atoms with Crippen molar-refractivity contribution >= 4 is 11.4 Å². The van der Waals surface area contributed by atoms with E-state index in [1.807, 2.05) is 76.6 Å². The van der Waals surface area contributed by atoms with Gasteiger partial charge in [0.2, 0.25) is 0 Å². The molecule has 1 aliphatic heterocycles. The van der Waals surface area contributed by atoms with Gasteiger partial charge < -0.3 is 4.90 Å². The Hall–Kier alpha value is -4.18. The maximum atomic E-state index is 12.7. The fraction of sp³-hybridized carbons (Fsp3) is 0.103. The lowest BCUT2D eigenvalue weighted by atomic mass is 10.1. The number of para-hydroxylation sites is 1. The van der Waals surface area contributed by atoms with E-state index >= 15 is 0 Å². The molecule has 0 spiro atoms.